The number of likely N-dealkylation sites (tertiary alicyclic amines) is 1. The van der Waals surface area contributed by atoms with Gasteiger partial charge in [0.15, 0.2) is 15.6 Å². The van der Waals surface area contributed by atoms with Gasteiger partial charge in [0.25, 0.3) is 0 Å². The normalized spacial score (nSPS) is 20.8. The number of benzene rings is 1. The van der Waals surface area contributed by atoms with Crippen LogP contribution in [0.3, 0.4) is 0 Å². The Kier molecular flexibility index (Phi) is 8.26. The topological polar surface area (TPSA) is 71.5 Å². The summed E-state index contributed by atoms with van der Waals surface area (Å²) in [7, 11) is -3.58. The summed E-state index contributed by atoms with van der Waals surface area (Å²) >= 11 is 5.24. The van der Waals surface area contributed by atoms with Crippen LogP contribution in [0.25, 0.3) is 0 Å². The molecule has 133 valence electrons. The first-order valence-corrected chi connectivity index (χ1v) is 9.13. The van der Waals surface area contributed by atoms with E-state index < -0.39 is 27.0 Å². The molecule has 0 aliphatic carbocycles. The number of thiocarbonyl (C=S) groups is 1. The minimum atomic E-state index is -3.58. The molecule has 0 aromatic heterocycles. The number of hydrogen-bond acceptors (Lipinski definition) is 5. The molecule has 1 unspecified atom stereocenters. The molecule has 1 fully saturated rings. The van der Waals surface area contributed by atoms with E-state index in [4.69, 9.17) is 12.2 Å². The summed E-state index contributed by atoms with van der Waals surface area (Å²) in [4.78, 5) is 24.7. The number of rotatable bonds is 5. The zero-order valence-corrected chi connectivity index (χ0v) is 24.7. The van der Waals surface area contributed by atoms with Gasteiger partial charge in [-0.2, -0.15) is 30.3 Å². The number of hydrogen-bond donors (Lipinski definition) is 0. The second-order valence-corrected chi connectivity index (χ2v) is 8.24. The van der Waals surface area contributed by atoms with Crippen LogP contribution in [-0.2, 0) is 39.8 Å². The van der Waals surface area contributed by atoms with Gasteiger partial charge in [0.1, 0.15) is 0 Å². The summed E-state index contributed by atoms with van der Waals surface area (Å²) in [5.74, 6) is -0.816. The summed E-state index contributed by atoms with van der Waals surface area (Å²) in [5, 5.41) is -0.740. The molecule has 0 saturated carbocycles. The average molecular weight is 805 g/mol. The van der Waals surface area contributed by atoms with Crippen molar-refractivity contribution < 1.29 is 38.4 Å². The molecule has 1 heterocycles. The van der Waals surface area contributed by atoms with Crippen molar-refractivity contribution in [2.45, 2.75) is 36.5 Å². The fourth-order valence-corrected chi connectivity index (χ4v) is 4.65. The van der Waals surface area contributed by atoms with E-state index in [0.29, 0.717) is 0 Å². The maximum atomic E-state index is 12.7. The van der Waals surface area contributed by atoms with E-state index in [1.165, 1.54) is 31.2 Å². The summed E-state index contributed by atoms with van der Waals surface area (Å²) in [6.07, 6.45) is 1.96. The molecular formula is C16H17NO4ReRfS2-2. The Hall–Kier alpha value is -1.94. The SMILES string of the molecule is CC(=O)[C@@H]1C[C@@H](S(=O)(=O)c2cc[c-]cc2)CN1C(=S)C(C)[C-]=O.[Re].[Rf]. The fraction of sp³-hybridized carbons (Fsp3) is 0.438. The Labute approximate surface area is 161 Å². The zero-order chi connectivity index (χ0) is 17.2. The van der Waals surface area contributed by atoms with Gasteiger partial charge in [0.2, 0.25) is 0 Å². The first-order valence-electron chi connectivity index (χ1n) is 7.17. The molecule has 3 atom stereocenters. The maximum absolute atomic E-state index is 12.7. The molecule has 9 heteroatoms. The first kappa shape index (κ1) is 23.1. The number of ketones is 1. The predicted molar refractivity (Wildman–Crippen MR) is 89.5 cm³/mol. The van der Waals surface area contributed by atoms with Gasteiger partial charge < -0.3 is 9.69 Å². The van der Waals surface area contributed by atoms with Crippen molar-refractivity contribution in [3.05, 3.63) is 30.3 Å². The van der Waals surface area contributed by atoms with E-state index in [1.807, 2.05) is 0 Å². The number of carbonyl (C=O) groups excluding carboxylic acids is 2. The van der Waals surface area contributed by atoms with Crippen LogP contribution in [0, 0.1) is 12.0 Å². The molecule has 1 aromatic carbocycles. The van der Waals surface area contributed by atoms with Crippen LogP contribution in [0.4, 0.5) is 0 Å². The standard InChI is InChI=1S/C16H17NO4S2.Re.Rf/c1-11(10-18)16(22)17-9-14(8-15(17)12(2)19)23(20,21)13-6-4-3-5-7-13;;/h4-7,11,14-15H,8-9H2,1-2H3;;/q-2;;/t11?,14-,15+;;/m1../s1. The van der Waals surface area contributed by atoms with Crippen molar-refractivity contribution >= 4 is 39.1 Å². The fourth-order valence-electron chi connectivity index (χ4n) is 2.70. The van der Waals surface area contributed by atoms with Crippen molar-refractivity contribution in [3.8, 4) is 0 Å². The van der Waals surface area contributed by atoms with E-state index in [-0.39, 0.29) is 49.1 Å². The van der Waals surface area contributed by atoms with Crippen molar-refractivity contribution in [1.82, 2.24) is 4.90 Å². The van der Waals surface area contributed by atoms with Crippen molar-refractivity contribution in [3.63, 3.8) is 0 Å². The minimum Gasteiger partial charge on any atom is -0.541 e. The summed E-state index contributed by atoms with van der Waals surface area (Å²) in [5.41, 5.74) is 0. The number of sulfone groups is 1. The van der Waals surface area contributed by atoms with Crippen LogP contribution < -0.4 is 0 Å². The third-order valence-electron chi connectivity index (χ3n) is 4.02. The van der Waals surface area contributed by atoms with Crippen molar-refractivity contribution in [1.29, 1.82) is 0 Å². The summed E-state index contributed by atoms with van der Waals surface area (Å²) < 4.78 is 25.5. The Morgan fingerprint density at radius 2 is 1.96 bits per heavy atom. The van der Waals surface area contributed by atoms with Crippen molar-refractivity contribution in [2.24, 2.45) is 5.92 Å². The van der Waals surface area contributed by atoms with Gasteiger partial charge in [-0.15, -0.1) is 0 Å². The van der Waals surface area contributed by atoms with E-state index in [0.717, 1.165) is 0 Å². The van der Waals surface area contributed by atoms with Gasteiger partial charge in [-0.3, -0.25) is 11.1 Å². The van der Waals surface area contributed by atoms with Gasteiger partial charge in [-0.05, 0) is 18.2 Å². The predicted octanol–water partition coefficient (Wildman–Crippen LogP) is 1.36. The van der Waals surface area contributed by atoms with E-state index in [9.17, 15) is 18.0 Å². The van der Waals surface area contributed by atoms with Crippen LogP contribution in [0.5, 0.6) is 0 Å². The average Bonchev–Trinajstić information content (AvgIpc) is 3.00. The second kappa shape index (κ2) is 8.95. The second-order valence-electron chi connectivity index (χ2n) is 5.60. The molecule has 2 rings (SSSR count). The molecular weight excluding hydrogens is 788 g/mol. The zero-order valence-electron chi connectivity index (χ0n) is 13.9. The summed E-state index contributed by atoms with van der Waals surface area (Å²) in [6.45, 7) is 3.10. The molecule has 25 heavy (non-hydrogen) atoms. The molecule has 1 saturated heterocycles. The van der Waals surface area contributed by atoms with Crippen LogP contribution in [-0.4, -0.2) is 48.2 Å². The molecule has 5 nitrogen and oxygen atoms in total. The first-order chi connectivity index (χ1) is 10.8. The molecule has 1 aliphatic heterocycles. The molecule has 1 radical (unpaired) electrons. The maximum Gasteiger partial charge on any atom is 0.160 e. The Balaban J connectivity index is 0.00000288. The largest absolute Gasteiger partial charge is 0.541 e. The number of carbonyl (C=O) groups is 1. The Morgan fingerprint density at radius 1 is 1.40 bits per heavy atom. The molecule has 0 spiro atoms. The third kappa shape index (κ3) is 4.57. The third-order valence-corrected chi connectivity index (χ3v) is 6.75. The van der Waals surface area contributed by atoms with Crippen LogP contribution in [0.1, 0.15) is 20.3 Å². The minimum absolute atomic E-state index is 0. The smallest absolute Gasteiger partial charge is 0.160 e. The van der Waals surface area contributed by atoms with Gasteiger partial charge in [-0.1, -0.05) is 25.1 Å². The van der Waals surface area contributed by atoms with Crippen LogP contribution in [0.15, 0.2) is 29.2 Å². The van der Waals surface area contributed by atoms with Crippen LogP contribution >= 0.6 is 12.2 Å². The van der Waals surface area contributed by atoms with E-state index in [2.05, 4.69) is 6.07 Å². The molecule has 0 bridgehead atoms. The van der Waals surface area contributed by atoms with E-state index >= 15 is 0 Å². The monoisotopic (exact) mass is 805 g/mol. The molecule has 0 N–H and O–H groups in total. The molecule has 1 aromatic rings. The van der Waals surface area contributed by atoms with Crippen LogP contribution in [0.2, 0.25) is 0 Å². The molecule has 1 aliphatic rings. The Bertz CT molecular complexity index is 727. The summed E-state index contributed by atoms with van der Waals surface area (Å²) in [6, 6.07) is 8.21. The number of nitrogens with zero attached hydrogens (tertiary/aromatic N) is 1. The van der Waals surface area contributed by atoms with Crippen molar-refractivity contribution in [2.75, 3.05) is 6.54 Å². The van der Waals surface area contributed by atoms with Gasteiger partial charge in [-0.25, -0.2) is 8.42 Å². The van der Waals surface area contributed by atoms with Gasteiger partial charge in [0.05, 0.1) is 16.3 Å². The van der Waals surface area contributed by atoms with E-state index in [1.54, 1.807) is 18.1 Å². The van der Waals surface area contributed by atoms with Gasteiger partial charge >= 0.3 is 0 Å². The number of Topliss-reactive ketones (excluding diaryl/α,β-unsaturated/α-hetero) is 1. The molecule has 0 amide bonds. The quantitative estimate of drug-likeness (QED) is 0.331. The Morgan fingerprint density at radius 3 is 2.44 bits per heavy atom. The van der Waals surface area contributed by atoms with Gasteiger partial charge in [0, 0.05) is 27.0 Å².